The summed E-state index contributed by atoms with van der Waals surface area (Å²) in [5.74, 6) is 0. The van der Waals surface area contributed by atoms with Crippen molar-refractivity contribution in [3.05, 3.63) is 212 Å². The maximum absolute atomic E-state index is 2.37. The SMILES string of the molecule is c1ccc(-c2cccc(N(c3ccc(-c4ccc5c(ccc6ccccc65)c4)cc3)c3ccc(-c4cc5ccccc5c5ccccc45)cc3)c2)cc1. The summed E-state index contributed by atoms with van der Waals surface area (Å²) in [7, 11) is 0. The van der Waals surface area contributed by atoms with Crippen LogP contribution in [0.25, 0.3) is 76.5 Å². The van der Waals surface area contributed by atoms with Crippen LogP contribution in [-0.4, -0.2) is 0 Å². The lowest BCUT2D eigenvalue weighted by atomic mass is 9.93. The summed E-state index contributed by atoms with van der Waals surface area (Å²) in [4.78, 5) is 2.37. The third-order valence-electron chi connectivity index (χ3n) is 10.6. The molecule has 10 aromatic carbocycles. The number of hydrogen-bond donors (Lipinski definition) is 0. The van der Waals surface area contributed by atoms with E-state index < -0.39 is 0 Å². The highest BCUT2D eigenvalue weighted by molar-refractivity contribution is 6.14. The van der Waals surface area contributed by atoms with Crippen molar-refractivity contribution in [2.24, 2.45) is 0 Å². The standard InChI is InChI=1S/C52H35N/c1-2-11-36(12-3-1)40-15-10-16-46(34-40)53(44-28-23-37(24-29-44)41-27-32-49-43(33-41)22-21-38-13-4-6-17-47(38)49)45-30-25-39(26-31-45)52-35-42-14-5-7-18-48(42)50-19-8-9-20-51(50)52/h1-35H. The van der Waals surface area contributed by atoms with Crippen LogP contribution in [0.3, 0.4) is 0 Å². The number of fused-ring (bicyclic) bond motifs is 6. The van der Waals surface area contributed by atoms with Crippen molar-refractivity contribution in [2.75, 3.05) is 4.90 Å². The highest BCUT2D eigenvalue weighted by atomic mass is 15.1. The van der Waals surface area contributed by atoms with Crippen LogP contribution in [0.1, 0.15) is 0 Å². The molecule has 0 radical (unpaired) electrons. The molecule has 0 unspecified atom stereocenters. The third-order valence-corrected chi connectivity index (χ3v) is 10.6. The van der Waals surface area contributed by atoms with E-state index in [1.807, 2.05) is 0 Å². The van der Waals surface area contributed by atoms with E-state index in [-0.39, 0.29) is 0 Å². The van der Waals surface area contributed by atoms with E-state index in [1.165, 1.54) is 76.5 Å². The van der Waals surface area contributed by atoms with Gasteiger partial charge in [0.2, 0.25) is 0 Å². The Kier molecular flexibility index (Phi) is 7.55. The first-order chi connectivity index (χ1) is 26.3. The lowest BCUT2D eigenvalue weighted by molar-refractivity contribution is 1.28. The molecule has 248 valence electrons. The van der Waals surface area contributed by atoms with Gasteiger partial charge in [0.1, 0.15) is 0 Å². The Morgan fingerprint density at radius 2 is 0.717 bits per heavy atom. The molecular formula is C52H35N. The maximum atomic E-state index is 2.37. The molecule has 0 aliphatic rings. The number of hydrogen-bond acceptors (Lipinski definition) is 1. The third kappa shape index (κ3) is 5.60. The number of rotatable bonds is 6. The monoisotopic (exact) mass is 673 g/mol. The van der Waals surface area contributed by atoms with Gasteiger partial charge in [0.25, 0.3) is 0 Å². The molecule has 0 spiro atoms. The highest BCUT2D eigenvalue weighted by Crippen LogP contribution is 2.40. The molecule has 53 heavy (non-hydrogen) atoms. The van der Waals surface area contributed by atoms with Crippen molar-refractivity contribution in [1.29, 1.82) is 0 Å². The predicted molar refractivity (Wildman–Crippen MR) is 227 cm³/mol. The first-order valence-electron chi connectivity index (χ1n) is 18.3. The van der Waals surface area contributed by atoms with Gasteiger partial charge in [-0.25, -0.2) is 0 Å². The van der Waals surface area contributed by atoms with Gasteiger partial charge in [0.05, 0.1) is 0 Å². The van der Waals surface area contributed by atoms with Crippen molar-refractivity contribution < 1.29 is 0 Å². The highest BCUT2D eigenvalue weighted by Gasteiger charge is 2.16. The second-order valence-electron chi connectivity index (χ2n) is 13.8. The predicted octanol–water partition coefficient (Wildman–Crippen LogP) is 14.8. The van der Waals surface area contributed by atoms with Crippen molar-refractivity contribution in [1.82, 2.24) is 0 Å². The van der Waals surface area contributed by atoms with Crippen molar-refractivity contribution in [3.8, 4) is 33.4 Å². The van der Waals surface area contributed by atoms with Gasteiger partial charge in [-0.15, -0.1) is 0 Å². The summed E-state index contributed by atoms with van der Waals surface area (Å²) in [5, 5.41) is 10.2. The zero-order valence-corrected chi connectivity index (χ0v) is 29.2. The molecule has 0 atom stereocenters. The fraction of sp³-hybridized carbons (Fsp3) is 0. The minimum atomic E-state index is 1.11. The molecule has 10 aromatic rings. The van der Waals surface area contributed by atoms with E-state index in [4.69, 9.17) is 0 Å². The van der Waals surface area contributed by atoms with Crippen LogP contribution in [0.5, 0.6) is 0 Å². The van der Waals surface area contributed by atoms with Crippen LogP contribution < -0.4 is 4.90 Å². The molecule has 0 aliphatic carbocycles. The Labute approximate surface area is 309 Å². The molecule has 1 nitrogen and oxygen atoms in total. The Bertz CT molecular complexity index is 2920. The molecule has 0 aliphatic heterocycles. The van der Waals surface area contributed by atoms with Crippen LogP contribution in [0.15, 0.2) is 212 Å². The molecule has 0 fully saturated rings. The number of nitrogens with zero attached hydrogens (tertiary/aromatic N) is 1. The summed E-state index contributed by atoms with van der Waals surface area (Å²) in [6, 6.07) is 77.2. The number of benzene rings is 10. The van der Waals surface area contributed by atoms with Crippen molar-refractivity contribution in [3.63, 3.8) is 0 Å². The zero-order valence-electron chi connectivity index (χ0n) is 29.2. The first-order valence-corrected chi connectivity index (χ1v) is 18.3. The van der Waals surface area contributed by atoms with E-state index in [2.05, 4.69) is 217 Å². The first kappa shape index (κ1) is 30.8. The van der Waals surface area contributed by atoms with E-state index >= 15 is 0 Å². The molecule has 0 heterocycles. The van der Waals surface area contributed by atoms with Gasteiger partial charge in [-0.2, -0.15) is 0 Å². The minimum Gasteiger partial charge on any atom is -0.310 e. The Morgan fingerprint density at radius 3 is 1.47 bits per heavy atom. The quantitative estimate of drug-likeness (QED) is 0.159. The van der Waals surface area contributed by atoms with Crippen LogP contribution in [-0.2, 0) is 0 Å². The molecule has 0 N–H and O–H groups in total. The Morgan fingerprint density at radius 1 is 0.226 bits per heavy atom. The van der Waals surface area contributed by atoms with E-state index in [9.17, 15) is 0 Å². The fourth-order valence-corrected chi connectivity index (χ4v) is 7.98. The van der Waals surface area contributed by atoms with Gasteiger partial charge in [-0.05, 0) is 125 Å². The van der Waals surface area contributed by atoms with Crippen molar-refractivity contribution >= 4 is 60.2 Å². The van der Waals surface area contributed by atoms with Crippen LogP contribution in [0.4, 0.5) is 17.1 Å². The summed E-state index contributed by atoms with van der Waals surface area (Å²) >= 11 is 0. The molecule has 0 bridgehead atoms. The number of anilines is 3. The summed E-state index contributed by atoms with van der Waals surface area (Å²) in [6.07, 6.45) is 0. The molecule has 10 rings (SSSR count). The molecule has 0 saturated carbocycles. The van der Waals surface area contributed by atoms with Gasteiger partial charge in [0.15, 0.2) is 0 Å². The fourth-order valence-electron chi connectivity index (χ4n) is 7.98. The van der Waals surface area contributed by atoms with E-state index in [0.717, 1.165) is 17.1 Å². The Balaban J connectivity index is 1.06. The zero-order chi connectivity index (χ0) is 35.1. The van der Waals surface area contributed by atoms with E-state index in [0.29, 0.717) is 0 Å². The lowest BCUT2D eigenvalue weighted by Crippen LogP contribution is -2.10. The topological polar surface area (TPSA) is 3.24 Å². The minimum absolute atomic E-state index is 1.11. The second kappa shape index (κ2) is 13.0. The van der Waals surface area contributed by atoms with E-state index in [1.54, 1.807) is 0 Å². The van der Waals surface area contributed by atoms with Gasteiger partial charge in [0, 0.05) is 17.1 Å². The van der Waals surface area contributed by atoms with Gasteiger partial charge in [-0.1, -0.05) is 164 Å². The van der Waals surface area contributed by atoms with Crippen LogP contribution in [0, 0.1) is 0 Å². The molecular weight excluding hydrogens is 639 g/mol. The summed E-state index contributed by atoms with van der Waals surface area (Å²) < 4.78 is 0. The van der Waals surface area contributed by atoms with Gasteiger partial charge < -0.3 is 4.90 Å². The molecule has 0 saturated heterocycles. The summed E-state index contributed by atoms with van der Waals surface area (Å²) in [5.41, 5.74) is 10.6. The Hall–Kier alpha value is -6.96. The van der Waals surface area contributed by atoms with Crippen LogP contribution >= 0.6 is 0 Å². The van der Waals surface area contributed by atoms with Crippen molar-refractivity contribution in [2.45, 2.75) is 0 Å². The average Bonchev–Trinajstić information content (AvgIpc) is 3.24. The molecule has 0 amide bonds. The van der Waals surface area contributed by atoms with Crippen LogP contribution in [0.2, 0.25) is 0 Å². The smallest absolute Gasteiger partial charge is 0.0467 e. The molecule has 1 heteroatoms. The molecule has 0 aromatic heterocycles. The van der Waals surface area contributed by atoms with Gasteiger partial charge >= 0.3 is 0 Å². The normalized spacial score (nSPS) is 11.4. The average molecular weight is 674 g/mol. The summed E-state index contributed by atoms with van der Waals surface area (Å²) in [6.45, 7) is 0. The largest absolute Gasteiger partial charge is 0.310 e. The van der Waals surface area contributed by atoms with Gasteiger partial charge in [-0.3, -0.25) is 0 Å². The maximum Gasteiger partial charge on any atom is 0.0467 e. The second-order valence-corrected chi connectivity index (χ2v) is 13.8. The lowest BCUT2D eigenvalue weighted by Gasteiger charge is -2.26.